The van der Waals surface area contributed by atoms with Gasteiger partial charge in [-0.1, -0.05) is 33.1 Å². The maximum Gasteiger partial charge on any atom is 0.219 e. The smallest absolute Gasteiger partial charge is 0.219 e. The van der Waals surface area contributed by atoms with Crippen molar-refractivity contribution in [3.8, 4) is 17.4 Å². The first-order valence-corrected chi connectivity index (χ1v) is 11.4. The van der Waals surface area contributed by atoms with E-state index < -0.39 is 0 Å². The van der Waals surface area contributed by atoms with Gasteiger partial charge in [-0.25, -0.2) is 15.0 Å². The summed E-state index contributed by atoms with van der Waals surface area (Å²) >= 11 is 0. The van der Waals surface area contributed by atoms with Gasteiger partial charge in [-0.3, -0.25) is 4.68 Å². The Hall–Kier alpha value is -3.68. The number of aromatic nitrogens is 5. The molecule has 0 amide bonds. The van der Waals surface area contributed by atoms with Gasteiger partial charge in [0.25, 0.3) is 0 Å². The lowest BCUT2D eigenvalue weighted by Crippen LogP contribution is -2.04. The summed E-state index contributed by atoms with van der Waals surface area (Å²) in [6.07, 6.45) is 9.90. The van der Waals surface area contributed by atoms with Crippen molar-refractivity contribution in [3.05, 3.63) is 55.1 Å². The first kappa shape index (κ1) is 22.5. The molecule has 1 unspecified atom stereocenters. The second-order valence-corrected chi connectivity index (χ2v) is 8.22. The molecule has 0 bridgehead atoms. The normalized spacial score (nSPS) is 12.0. The molecule has 0 fully saturated rings. The molecular weight excluding hydrogens is 416 g/mol. The Morgan fingerprint density at radius 2 is 1.91 bits per heavy atom. The number of nitrogens with one attached hydrogen (secondary N) is 1. The lowest BCUT2D eigenvalue weighted by molar-refractivity contribution is 0.276. The molecule has 0 spiro atoms. The monoisotopic (exact) mass is 446 g/mol. The van der Waals surface area contributed by atoms with Crippen LogP contribution in [0.15, 0.2) is 55.1 Å². The molecule has 33 heavy (non-hydrogen) atoms. The number of pyridine rings is 1. The second-order valence-electron chi connectivity index (χ2n) is 8.22. The van der Waals surface area contributed by atoms with Crippen molar-refractivity contribution in [1.82, 2.24) is 24.7 Å². The fourth-order valence-corrected chi connectivity index (χ4v) is 3.51. The van der Waals surface area contributed by atoms with Gasteiger partial charge < -0.3 is 14.8 Å². The van der Waals surface area contributed by atoms with Crippen LogP contribution >= 0.6 is 0 Å². The Morgan fingerprint density at radius 3 is 2.67 bits per heavy atom. The van der Waals surface area contributed by atoms with Crippen molar-refractivity contribution < 1.29 is 9.47 Å². The first-order chi connectivity index (χ1) is 16.1. The molecule has 0 saturated heterocycles. The number of fused-ring (bicyclic) bond motifs is 1. The van der Waals surface area contributed by atoms with E-state index in [1.165, 1.54) is 25.6 Å². The summed E-state index contributed by atoms with van der Waals surface area (Å²) in [5.74, 6) is 3.93. The summed E-state index contributed by atoms with van der Waals surface area (Å²) in [5, 5.41) is 8.41. The van der Waals surface area contributed by atoms with Crippen molar-refractivity contribution in [1.29, 1.82) is 0 Å². The van der Waals surface area contributed by atoms with Crippen molar-refractivity contribution in [2.45, 2.75) is 39.5 Å². The lowest BCUT2D eigenvalue weighted by atomic mass is 10.0. The highest BCUT2D eigenvalue weighted by molar-refractivity contribution is 5.91. The summed E-state index contributed by atoms with van der Waals surface area (Å²) in [7, 11) is 1.87. The highest BCUT2D eigenvalue weighted by atomic mass is 16.5. The fourth-order valence-electron chi connectivity index (χ4n) is 3.51. The molecule has 4 rings (SSSR count). The van der Waals surface area contributed by atoms with Gasteiger partial charge in [0.1, 0.15) is 23.6 Å². The largest absolute Gasteiger partial charge is 0.492 e. The van der Waals surface area contributed by atoms with E-state index in [9.17, 15) is 0 Å². The number of benzene rings is 1. The number of ether oxygens (including phenoxy) is 2. The number of unbranched alkanes of at least 4 members (excludes halogenated alkanes) is 1. The molecule has 8 heteroatoms. The number of aryl methyl sites for hydroxylation is 1. The molecule has 172 valence electrons. The highest BCUT2D eigenvalue weighted by Crippen LogP contribution is 2.29. The minimum Gasteiger partial charge on any atom is -0.492 e. The number of hydrogen-bond donors (Lipinski definition) is 1. The van der Waals surface area contributed by atoms with Gasteiger partial charge in [-0.2, -0.15) is 5.10 Å². The average molecular weight is 447 g/mol. The van der Waals surface area contributed by atoms with E-state index in [0.717, 1.165) is 23.1 Å². The second kappa shape index (κ2) is 10.8. The van der Waals surface area contributed by atoms with Crippen molar-refractivity contribution >= 4 is 22.5 Å². The van der Waals surface area contributed by atoms with Gasteiger partial charge in [-0.05, 0) is 36.6 Å². The van der Waals surface area contributed by atoms with Crippen LogP contribution in [-0.2, 0) is 7.05 Å². The maximum absolute atomic E-state index is 5.97. The van der Waals surface area contributed by atoms with Gasteiger partial charge >= 0.3 is 0 Å². The van der Waals surface area contributed by atoms with Crippen molar-refractivity contribution in [2.24, 2.45) is 13.0 Å². The standard InChI is InChI=1S/C25H30N6O2/c1-4-5-6-18(2)12-14-32-20-8-10-24(26-16-20)33-19-7-9-22-21(15-19)25(28-17-27-22)29-23-11-13-31(3)30-23/h7-11,13,15-18H,4-6,12,14H2,1-3H3,(H,27,28,29,30). The lowest BCUT2D eigenvalue weighted by Gasteiger charge is -2.12. The SMILES string of the molecule is CCCCC(C)CCOc1ccc(Oc2ccc3ncnc(Nc4ccn(C)n4)c3c2)nc1. The summed E-state index contributed by atoms with van der Waals surface area (Å²) < 4.78 is 13.5. The van der Waals surface area contributed by atoms with E-state index in [-0.39, 0.29) is 0 Å². The van der Waals surface area contributed by atoms with E-state index in [2.05, 4.69) is 39.2 Å². The minimum absolute atomic E-state index is 0.495. The van der Waals surface area contributed by atoms with Gasteiger partial charge in [0, 0.05) is 30.8 Å². The number of nitrogens with zero attached hydrogens (tertiary/aromatic N) is 5. The van der Waals surface area contributed by atoms with Crippen LogP contribution in [-0.4, -0.2) is 31.3 Å². The zero-order valence-electron chi connectivity index (χ0n) is 19.4. The molecular formula is C25H30N6O2. The average Bonchev–Trinajstić information content (AvgIpc) is 3.23. The van der Waals surface area contributed by atoms with E-state index in [4.69, 9.17) is 9.47 Å². The summed E-state index contributed by atoms with van der Waals surface area (Å²) in [4.78, 5) is 13.1. The van der Waals surface area contributed by atoms with Crippen LogP contribution in [0.5, 0.6) is 17.4 Å². The van der Waals surface area contributed by atoms with Crippen LogP contribution < -0.4 is 14.8 Å². The van der Waals surface area contributed by atoms with Crippen LogP contribution in [0.4, 0.5) is 11.6 Å². The molecule has 0 aliphatic carbocycles. The Morgan fingerprint density at radius 1 is 1.03 bits per heavy atom. The Kier molecular flexibility index (Phi) is 7.34. The molecule has 0 saturated carbocycles. The molecule has 0 aliphatic rings. The summed E-state index contributed by atoms with van der Waals surface area (Å²) in [6, 6.07) is 11.2. The molecule has 1 atom stereocenters. The maximum atomic E-state index is 5.97. The van der Waals surface area contributed by atoms with E-state index in [1.807, 2.05) is 49.6 Å². The van der Waals surface area contributed by atoms with Crippen LogP contribution in [0.2, 0.25) is 0 Å². The quantitative estimate of drug-likeness (QED) is 0.307. The highest BCUT2D eigenvalue weighted by Gasteiger charge is 2.09. The topological polar surface area (TPSA) is 87.0 Å². The molecule has 4 aromatic rings. The zero-order chi connectivity index (χ0) is 23.0. The summed E-state index contributed by atoms with van der Waals surface area (Å²) in [5.41, 5.74) is 0.806. The molecule has 0 aliphatic heterocycles. The fraction of sp³-hybridized carbons (Fsp3) is 0.360. The predicted molar refractivity (Wildman–Crippen MR) is 129 cm³/mol. The van der Waals surface area contributed by atoms with Gasteiger partial charge in [-0.15, -0.1) is 0 Å². The van der Waals surface area contributed by atoms with Gasteiger partial charge in [0.2, 0.25) is 5.88 Å². The van der Waals surface area contributed by atoms with Gasteiger partial charge in [0.15, 0.2) is 5.82 Å². The number of anilines is 2. The molecule has 1 aromatic carbocycles. The van der Waals surface area contributed by atoms with Gasteiger partial charge in [0.05, 0.1) is 18.3 Å². The third kappa shape index (κ3) is 6.19. The Bertz CT molecular complexity index is 1180. The molecule has 8 nitrogen and oxygen atoms in total. The minimum atomic E-state index is 0.495. The summed E-state index contributed by atoms with van der Waals surface area (Å²) in [6.45, 7) is 5.20. The number of rotatable bonds is 11. The van der Waals surface area contributed by atoms with Crippen LogP contribution in [0.3, 0.4) is 0 Å². The molecule has 3 heterocycles. The van der Waals surface area contributed by atoms with E-state index in [0.29, 0.717) is 35.8 Å². The Labute approximate surface area is 194 Å². The van der Waals surface area contributed by atoms with E-state index in [1.54, 1.807) is 10.9 Å². The van der Waals surface area contributed by atoms with Crippen molar-refractivity contribution in [3.63, 3.8) is 0 Å². The third-order valence-electron chi connectivity index (χ3n) is 5.43. The third-order valence-corrected chi connectivity index (χ3v) is 5.43. The zero-order valence-corrected chi connectivity index (χ0v) is 19.4. The Balaban J connectivity index is 1.39. The predicted octanol–water partition coefficient (Wildman–Crippen LogP) is 5.89. The first-order valence-electron chi connectivity index (χ1n) is 11.4. The van der Waals surface area contributed by atoms with Crippen LogP contribution in [0.25, 0.3) is 10.9 Å². The van der Waals surface area contributed by atoms with Crippen molar-refractivity contribution in [2.75, 3.05) is 11.9 Å². The molecule has 0 radical (unpaired) electrons. The van der Waals surface area contributed by atoms with Crippen LogP contribution in [0.1, 0.15) is 39.5 Å². The van der Waals surface area contributed by atoms with E-state index >= 15 is 0 Å². The number of hydrogen-bond acceptors (Lipinski definition) is 7. The molecule has 3 aromatic heterocycles. The molecule has 1 N–H and O–H groups in total. The van der Waals surface area contributed by atoms with Crippen LogP contribution in [0, 0.1) is 5.92 Å².